The van der Waals surface area contributed by atoms with Crippen LogP contribution in [0.3, 0.4) is 0 Å². The first-order valence-corrected chi connectivity index (χ1v) is 6.71. The van der Waals surface area contributed by atoms with E-state index >= 15 is 0 Å². The number of piperidine rings is 1. The van der Waals surface area contributed by atoms with E-state index in [2.05, 4.69) is 43.4 Å². The molecule has 0 amide bonds. The van der Waals surface area contributed by atoms with Gasteiger partial charge in [-0.15, -0.1) is 0 Å². The third-order valence-corrected chi connectivity index (χ3v) is 3.43. The van der Waals surface area contributed by atoms with Gasteiger partial charge in [-0.05, 0) is 45.5 Å². The number of hydrogen-bond donors (Lipinski definition) is 1. The van der Waals surface area contributed by atoms with Crippen molar-refractivity contribution in [2.45, 2.75) is 25.8 Å². The van der Waals surface area contributed by atoms with Crippen LogP contribution in [0.1, 0.15) is 19.8 Å². The lowest BCUT2D eigenvalue weighted by Gasteiger charge is -2.31. The molecule has 2 nitrogen and oxygen atoms in total. The molecular formula is C16H26N2. The fourth-order valence-electron chi connectivity index (χ4n) is 2.37. The second kappa shape index (κ2) is 8.06. The Morgan fingerprint density at radius 2 is 2.00 bits per heavy atom. The maximum atomic E-state index is 3.82. The van der Waals surface area contributed by atoms with Crippen LogP contribution in [0.4, 0.5) is 0 Å². The molecule has 0 atom stereocenters. The molecule has 100 valence electrons. The average Bonchev–Trinajstić information content (AvgIpc) is 2.39. The molecular weight excluding hydrogens is 220 g/mol. The second-order valence-corrected chi connectivity index (χ2v) is 4.94. The second-order valence-electron chi connectivity index (χ2n) is 4.94. The highest BCUT2D eigenvalue weighted by atomic mass is 15.1. The van der Waals surface area contributed by atoms with Crippen LogP contribution in [0.15, 0.2) is 48.6 Å². The summed E-state index contributed by atoms with van der Waals surface area (Å²) in [5, 5.41) is 3.36. The monoisotopic (exact) mass is 246 g/mol. The molecule has 1 aliphatic heterocycles. The van der Waals surface area contributed by atoms with Crippen molar-refractivity contribution in [2.75, 3.05) is 26.7 Å². The maximum Gasteiger partial charge on any atom is 0.0193 e. The van der Waals surface area contributed by atoms with Crippen LogP contribution >= 0.6 is 0 Å². The van der Waals surface area contributed by atoms with Crippen molar-refractivity contribution < 1.29 is 0 Å². The van der Waals surface area contributed by atoms with Crippen LogP contribution in [0.5, 0.6) is 0 Å². The lowest BCUT2D eigenvalue weighted by Crippen LogP contribution is -2.41. The van der Waals surface area contributed by atoms with E-state index in [0.29, 0.717) is 6.04 Å². The SMILES string of the molecule is C=C/C=C(C=C)/C=C(\C)CN1CCC(NC)CC1. The summed E-state index contributed by atoms with van der Waals surface area (Å²) in [6.07, 6.45) is 10.4. The third kappa shape index (κ3) is 5.03. The molecule has 0 spiro atoms. The summed E-state index contributed by atoms with van der Waals surface area (Å²) in [6, 6.07) is 0.704. The highest BCUT2D eigenvalue weighted by Gasteiger charge is 2.17. The van der Waals surface area contributed by atoms with E-state index in [1.165, 1.54) is 31.5 Å². The zero-order chi connectivity index (χ0) is 13.4. The summed E-state index contributed by atoms with van der Waals surface area (Å²) in [7, 11) is 2.06. The fraction of sp³-hybridized carbons (Fsp3) is 0.500. The molecule has 1 rings (SSSR count). The van der Waals surface area contributed by atoms with Crippen molar-refractivity contribution in [1.82, 2.24) is 10.2 Å². The van der Waals surface area contributed by atoms with Gasteiger partial charge in [0.1, 0.15) is 0 Å². The Hall–Kier alpha value is -1.12. The van der Waals surface area contributed by atoms with E-state index in [4.69, 9.17) is 0 Å². The molecule has 18 heavy (non-hydrogen) atoms. The minimum Gasteiger partial charge on any atom is -0.317 e. The average molecular weight is 246 g/mol. The molecule has 1 saturated heterocycles. The van der Waals surface area contributed by atoms with E-state index in [-0.39, 0.29) is 0 Å². The molecule has 0 aromatic rings. The fourth-order valence-corrected chi connectivity index (χ4v) is 2.37. The molecule has 2 heteroatoms. The van der Waals surface area contributed by atoms with Gasteiger partial charge in [-0.25, -0.2) is 0 Å². The largest absolute Gasteiger partial charge is 0.317 e. The lowest BCUT2D eigenvalue weighted by atomic mass is 10.0. The van der Waals surface area contributed by atoms with Crippen LogP contribution in [-0.2, 0) is 0 Å². The van der Waals surface area contributed by atoms with Gasteiger partial charge >= 0.3 is 0 Å². The minimum atomic E-state index is 0.704. The quantitative estimate of drug-likeness (QED) is 0.725. The minimum absolute atomic E-state index is 0.704. The van der Waals surface area contributed by atoms with Crippen molar-refractivity contribution in [3.05, 3.63) is 48.6 Å². The normalized spacial score (nSPS) is 19.9. The lowest BCUT2D eigenvalue weighted by molar-refractivity contribution is 0.216. The summed E-state index contributed by atoms with van der Waals surface area (Å²) in [6.45, 7) is 13.1. The molecule has 1 aliphatic rings. The van der Waals surface area contributed by atoms with Crippen molar-refractivity contribution in [1.29, 1.82) is 0 Å². The highest BCUT2D eigenvalue weighted by Crippen LogP contribution is 2.12. The Labute approximate surface area is 112 Å². The van der Waals surface area contributed by atoms with Gasteiger partial charge in [0, 0.05) is 12.6 Å². The summed E-state index contributed by atoms with van der Waals surface area (Å²) < 4.78 is 0. The summed E-state index contributed by atoms with van der Waals surface area (Å²) in [5.74, 6) is 0. The third-order valence-electron chi connectivity index (χ3n) is 3.43. The van der Waals surface area contributed by atoms with Gasteiger partial charge in [-0.2, -0.15) is 0 Å². The molecule has 0 aliphatic carbocycles. The topological polar surface area (TPSA) is 15.3 Å². The smallest absolute Gasteiger partial charge is 0.0193 e. The van der Waals surface area contributed by atoms with Crippen LogP contribution in [-0.4, -0.2) is 37.6 Å². The Morgan fingerprint density at radius 1 is 1.33 bits per heavy atom. The van der Waals surface area contributed by atoms with Gasteiger partial charge in [0.25, 0.3) is 0 Å². The number of rotatable bonds is 6. The van der Waals surface area contributed by atoms with Gasteiger partial charge in [0.05, 0.1) is 0 Å². The molecule has 0 radical (unpaired) electrons. The van der Waals surface area contributed by atoms with E-state index in [9.17, 15) is 0 Å². The Balaban J connectivity index is 2.47. The van der Waals surface area contributed by atoms with Crippen molar-refractivity contribution >= 4 is 0 Å². The van der Waals surface area contributed by atoms with E-state index < -0.39 is 0 Å². The molecule has 1 fully saturated rings. The molecule has 1 N–H and O–H groups in total. The van der Waals surface area contributed by atoms with Gasteiger partial charge in [-0.3, -0.25) is 4.90 Å². The number of allylic oxidation sites excluding steroid dienone is 5. The van der Waals surface area contributed by atoms with E-state index in [1.807, 2.05) is 12.2 Å². The zero-order valence-corrected chi connectivity index (χ0v) is 11.8. The number of hydrogen-bond acceptors (Lipinski definition) is 2. The van der Waals surface area contributed by atoms with Crippen LogP contribution < -0.4 is 5.32 Å². The molecule has 0 unspecified atom stereocenters. The number of likely N-dealkylation sites (tertiary alicyclic amines) is 1. The molecule has 0 bridgehead atoms. The Kier molecular flexibility index (Phi) is 6.69. The molecule has 0 aromatic carbocycles. The van der Waals surface area contributed by atoms with Crippen molar-refractivity contribution in [3.63, 3.8) is 0 Å². The van der Waals surface area contributed by atoms with Crippen LogP contribution in [0.2, 0.25) is 0 Å². The first-order chi connectivity index (χ1) is 8.69. The zero-order valence-electron chi connectivity index (χ0n) is 11.8. The summed E-state index contributed by atoms with van der Waals surface area (Å²) in [5.41, 5.74) is 2.51. The van der Waals surface area contributed by atoms with Crippen LogP contribution in [0, 0.1) is 0 Å². The maximum absolute atomic E-state index is 3.82. The standard InChI is InChI=1S/C16H26N2/c1-5-7-15(6-2)12-14(3)13-18-10-8-16(17-4)9-11-18/h5-7,12,16-17H,1-2,8-11,13H2,3-4H3/b14-12+,15-7+. The van der Waals surface area contributed by atoms with Gasteiger partial charge in [0.2, 0.25) is 0 Å². The first-order valence-electron chi connectivity index (χ1n) is 6.71. The summed E-state index contributed by atoms with van der Waals surface area (Å²) in [4.78, 5) is 2.52. The predicted octanol–water partition coefficient (Wildman–Crippen LogP) is 2.91. The van der Waals surface area contributed by atoms with E-state index in [1.54, 1.807) is 6.08 Å². The summed E-state index contributed by atoms with van der Waals surface area (Å²) >= 11 is 0. The highest BCUT2D eigenvalue weighted by molar-refractivity contribution is 5.34. The van der Waals surface area contributed by atoms with Gasteiger partial charge < -0.3 is 5.32 Å². The first kappa shape index (κ1) is 14.9. The molecule has 0 aromatic heterocycles. The van der Waals surface area contributed by atoms with Crippen molar-refractivity contribution in [2.24, 2.45) is 0 Å². The van der Waals surface area contributed by atoms with Gasteiger partial charge in [-0.1, -0.05) is 43.0 Å². The predicted molar refractivity (Wildman–Crippen MR) is 80.8 cm³/mol. The van der Waals surface area contributed by atoms with Gasteiger partial charge in [0.15, 0.2) is 0 Å². The Bertz CT molecular complexity index is 331. The molecule has 0 saturated carbocycles. The number of nitrogens with one attached hydrogen (secondary N) is 1. The van der Waals surface area contributed by atoms with Crippen LogP contribution in [0.25, 0.3) is 0 Å². The molecule has 1 heterocycles. The number of nitrogens with zero attached hydrogens (tertiary/aromatic N) is 1. The van der Waals surface area contributed by atoms with Crippen molar-refractivity contribution in [3.8, 4) is 0 Å². The Morgan fingerprint density at radius 3 is 2.50 bits per heavy atom. The van der Waals surface area contributed by atoms with E-state index in [0.717, 1.165) is 12.1 Å².